The van der Waals surface area contributed by atoms with E-state index in [1.165, 1.54) is 392 Å². The third-order valence-electron chi connectivity index (χ3n) is 22.6. The molecule has 0 saturated heterocycles. The molecule has 0 amide bonds. The van der Waals surface area contributed by atoms with Crippen molar-refractivity contribution in [2.75, 3.05) is 85.2 Å². The maximum Gasteiger partial charge on any atom is 0.305 e. The van der Waals surface area contributed by atoms with Gasteiger partial charge in [-0.15, -0.1) is 0 Å². The van der Waals surface area contributed by atoms with Gasteiger partial charge in [-0.3, -0.25) is 9.59 Å². The summed E-state index contributed by atoms with van der Waals surface area (Å²) in [6.07, 6.45) is 91.7. The number of ether oxygens (including phenoxy) is 2. The van der Waals surface area contributed by atoms with Crippen molar-refractivity contribution in [3.05, 3.63) is 0 Å². The van der Waals surface area contributed by atoms with Crippen molar-refractivity contribution in [1.82, 2.24) is 20.0 Å². The minimum atomic E-state index is -0.464. The number of hydrogen-bond donors (Lipinski definition) is 3. The van der Waals surface area contributed by atoms with Crippen LogP contribution in [0.2, 0.25) is 0 Å². The normalized spacial score (nSPS) is 12.5. The zero-order chi connectivity index (χ0) is 75.3. The lowest BCUT2D eigenvalue weighted by molar-refractivity contribution is -0.144. The third kappa shape index (κ3) is 83.2. The van der Waals surface area contributed by atoms with Crippen LogP contribution >= 0.6 is 0 Å². The Morgan fingerprint density at radius 2 is 0.423 bits per heavy atom. The highest BCUT2D eigenvalue weighted by molar-refractivity contribution is 5.69. The summed E-state index contributed by atoms with van der Waals surface area (Å²) in [6, 6.07) is 0. The van der Waals surface area contributed by atoms with Crippen LogP contribution in [0.1, 0.15) is 497 Å². The van der Waals surface area contributed by atoms with Gasteiger partial charge in [0.25, 0.3) is 0 Å². The summed E-state index contributed by atoms with van der Waals surface area (Å²) in [6.45, 7) is 21.7. The predicted molar refractivity (Wildman–Crippen MR) is 457 cm³/mol. The van der Waals surface area contributed by atoms with Crippen LogP contribution in [0.25, 0.3) is 0 Å². The third-order valence-corrected chi connectivity index (χ3v) is 22.6. The number of esters is 2. The highest BCUT2D eigenvalue weighted by atomic mass is 16.5. The molecule has 0 aliphatic carbocycles. The summed E-state index contributed by atoms with van der Waals surface area (Å²) in [4.78, 5) is 33.3. The zero-order valence-corrected chi connectivity index (χ0v) is 71.6. The van der Waals surface area contributed by atoms with Crippen molar-refractivity contribution in [1.29, 1.82) is 0 Å². The minimum absolute atomic E-state index is 0.0556. The van der Waals surface area contributed by atoms with Crippen LogP contribution in [0.5, 0.6) is 0 Å². The Morgan fingerprint density at radius 1 is 0.240 bits per heavy atom. The molecule has 0 aromatic carbocycles. The average Bonchev–Trinajstić information content (AvgIpc) is 3.29. The molecule has 622 valence electrons. The van der Waals surface area contributed by atoms with Gasteiger partial charge in [0, 0.05) is 39.0 Å². The number of carbonyl (C=O) groups is 2. The van der Waals surface area contributed by atoms with Crippen molar-refractivity contribution in [3.63, 3.8) is 0 Å². The second-order valence-electron chi connectivity index (χ2n) is 33.3. The van der Waals surface area contributed by atoms with Crippen molar-refractivity contribution in [3.8, 4) is 0 Å². The van der Waals surface area contributed by atoms with E-state index in [1.807, 2.05) is 0 Å². The average molecular weight is 1470 g/mol. The molecule has 0 saturated carbocycles. The number of carbonyl (C=O) groups excluding carboxylic acids is 2. The van der Waals surface area contributed by atoms with E-state index in [1.54, 1.807) is 0 Å². The fourth-order valence-corrected chi connectivity index (χ4v) is 15.6. The van der Waals surface area contributed by atoms with Gasteiger partial charge in [0.05, 0.1) is 25.4 Å². The predicted octanol–water partition coefficient (Wildman–Crippen LogP) is 27.5. The number of unbranched alkanes of at least 4 members (excludes halogenated alkanes) is 62. The van der Waals surface area contributed by atoms with E-state index in [2.05, 4.69) is 54.6 Å². The molecule has 10 heteroatoms. The van der Waals surface area contributed by atoms with Crippen LogP contribution in [0.15, 0.2) is 0 Å². The van der Waals surface area contributed by atoms with Crippen molar-refractivity contribution in [2.24, 2.45) is 0 Å². The first-order valence-electron chi connectivity index (χ1n) is 47.8. The topological polar surface area (TPSA) is 115 Å². The lowest BCUT2D eigenvalue weighted by Gasteiger charge is -2.30. The Morgan fingerprint density at radius 3 is 0.663 bits per heavy atom. The molecule has 0 bridgehead atoms. The highest BCUT2D eigenvalue weighted by Crippen LogP contribution is 2.20. The number of nitrogens with zero attached hydrogens (tertiary/aromatic N) is 3. The molecule has 2 unspecified atom stereocenters. The molecule has 2 atom stereocenters. The van der Waals surface area contributed by atoms with Crippen LogP contribution in [0.4, 0.5) is 0 Å². The molecule has 0 fully saturated rings. The lowest BCUT2D eigenvalue weighted by atomic mass is 10.0. The number of rotatable bonds is 92. The van der Waals surface area contributed by atoms with Gasteiger partial charge in [-0.1, -0.05) is 426 Å². The zero-order valence-electron chi connectivity index (χ0n) is 71.6. The summed E-state index contributed by atoms with van der Waals surface area (Å²) >= 11 is 0. The second-order valence-corrected chi connectivity index (χ2v) is 33.3. The Balaban J connectivity index is 5.65. The van der Waals surface area contributed by atoms with Gasteiger partial charge in [-0.05, 0) is 104 Å². The Labute approximate surface area is 652 Å². The summed E-state index contributed by atoms with van der Waals surface area (Å²) in [5, 5.41) is 27.1. The maximum absolute atomic E-state index is 13.1. The summed E-state index contributed by atoms with van der Waals surface area (Å²) < 4.78 is 11.4. The first-order valence-corrected chi connectivity index (χ1v) is 47.8. The summed E-state index contributed by atoms with van der Waals surface area (Å²) in [7, 11) is 0. The van der Waals surface area contributed by atoms with Gasteiger partial charge in [-0.25, -0.2) is 0 Å². The molecule has 10 nitrogen and oxygen atoms in total. The Bertz CT molecular complexity index is 1620. The molecule has 0 heterocycles. The first-order chi connectivity index (χ1) is 51.3. The van der Waals surface area contributed by atoms with Crippen molar-refractivity contribution < 1.29 is 29.3 Å². The molecular weight excluding hydrogens is 1280 g/mol. The van der Waals surface area contributed by atoms with Crippen LogP contribution in [-0.2, 0) is 19.1 Å². The largest absolute Gasteiger partial charge is 0.466 e. The maximum atomic E-state index is 13.1. The molecule has 0 aromatic heterocycles. The Hall–Kier alpha value is -1.30. The molecule has 0 aliphatic heterocycles. The number of hydrogen-bond acceptors (Lipinski definition) is 10. The van der Waals surface area contributed by atoms with E-state index in [0.717, 1.165) is 97.1 Å². The van der Waals surface area contributed by atoms with E-state index < -0.39 is 12.2 Å². The van der Waals surface area contributed by atoms with Crippen LogP contribution in [-0.4, -0.2) is 134 Å². The van der Waals surface area contributed by atoms with E-state index in [4.69, 9.17) is 9.47 Å². The quantitative estimate of drug-likeness (QED) is 0.0402. The fraction of sp³-hybridized carbons (Fsp3) is 0.979. The standard InChI is InChI=1S/C94H190N4O6/c1-6-11-16-21-26-31-36-41-42-43-44-49-54-59-64-69-81-98(84-75-77-94(102)104-86-73-66-61-56-51-46-38-33-28-23-18-13-8-3)90-92(100)89-97(80-68-63-58-53-48-40-35-30-25-20-15-10-5)83-71-70-82-96(79-67-62-57-52-47-39-34-29-24-19-14-9-4)88-91(99)87-95-78-74-76-93(101)103-85-72-65-60-55-50-45-37-32-27-22-17-12-7-2/h91-92,95,99-100H,6-90H2,1-5H3. The monoisotopic (exact) mass is 1470 g/mol. The Kier molecular flexibility index (Phi) is 87.8. The summed E-state index contributed by atoms with van der Waals surface area (Å²) in [5.74, 6) is -0.148. The summed E-state index contributed by atoms with van der Waals surface area (Å²) in [5.41, 5.74) is 0. The molecule has 104 heavy (non-hydrogen) atoms. The van der Waals surface area contributed by atoms with E-state index in [9.17, 15) is 19.8 Å². The molecule has 0 aromatic rings. The van der Waals surface area contributed by atoms with Crippen LogP contribution in [0, 0.1) is 0 Å². The molecule has 3 N–H and O–H groups in total. The van der Waals surface area contributed by atoms with Gasteiger partial charge in [0.1, 0.15) is 0 Å². The first kappa shape index (κ1) is 103. The molecule has 0 rings (SSSR count). The number of nitrogens with one attached hydrogen (secondary N) is 1. The van der Waals surface area contributed by atoms with E-state index >= 15 is 0 Å². The smallest absolute Gasteiger partial charge is 0.305 e. The van der Waals surface area contributed by atoms with E-state index in [-0.39, 0.29) is 11.9 Å². The fourth-order valence-electron chi connectivity index (χ4n) is 15.6. The van der Waals surface area contributed by atoms with Crippen molar-refractivity contribution >= 4 is 11.9 Å². The number of aliphatic hydroxyl groups excluding tert-OH is 2. The van der Waals surface area contributed by atoms with E-state index in [0.29, 0.717) is 58.8 Å². The van der Waals surface area contributed by atoms with Crippen LogP contribution < -0.4 is 5.32 Å². The van der Waals surface area contributed by atoms with Gasteiger partial charge < -0.3 is 39.7 Å². The van der Waals surface area contributed by atoms with Crippen LogP contribution in [0.3, 0.4) is 0 Å². The number of aliphatic hydroxyl groups is 2. The minimum Gasteiger partial charge on any atom is -0.466 e. The molecule has 0 spiro atoms. The molecule has 0 radical (unpaired) electrons. The second kappa shape index (κ2) is 88.9. The SMILES string of the molecule is CCCCCCCCCCCCCCCCCCN(CCCC(=O)OCCCCCCCCCCCCCCC)CC(O)CN(CCCCCCCCCCCCCC)CCCCN(CCCCCCCCCCCCCC)CC(O)CNCCCC(=O)OCCCCCCCCCCCCCCC. The van der Waals surface area contributed by atoms with Gasteiger partial charge in [0.15, 0.2) is 0 Å². The lowest BCUT2D eigenvalue weighted by Crippen LogP contribution is -2.42. The van der Waals surface area contributed by atoms with Gasteiger partial charge in [-0.2, -0.15) is 0 Å². The van der Waals surface area contributed by atoms with Gasteiger partial charge >= 0.3 is 11.9 Å². The van der Waals surface area contributed by atoms with Gasteiger partial charge in [0.2, 0.25) is 0 Å². The van der Waals surface area contributed by atoms with Crippen molar-refractivity contribution in [2.45, 2.75) is 509 Å². The highest BCUT2D eigenvalue weighted by Gasteiger charge is 2.19. The molecule has 0 aliphatic rings. The molecular formula is C94H190N4O6.